The fourth-order valence-electron chi connectivity index (χ4n) is 2.74. The second-order valence-corrected chi connectivity index (χ2v) is 6.14. The van der Waals surface area contributed by atoms with Crippen LogP contribution in [0.15, 0.2) is 46.0 Å². The van der Waals surface area contributed by atoms with Crippen LogP contribution >= 0.6 is 0 Å². The van der Waals surface area contributed by atoms with E-state index in [1.807, 2.05) is 31.2 Å². The summed E-state index contributed by atoms with van der Waals surface area (Å²) < 4.78 is 15.9. The quantitative estimate of drug-likeness (QED) is 0.375. The molecule has 0 unspecified atom stereocenters. The van der Waals surface area contributed by atoms with Crippen molar-refractivity contribution in [2.75, 3.05) is 27.3 Å². The molecule has 0 amide bonds. The number of hydrogen-bond acceptors (Lipinski definition) is 6. The lowest BCUT2D eigenvalue weighted by molar-refractivity contribution is 0.354. The van der Waals surface area contributed by atoms with Crippen molar-refractivity contribution in [3.63, 3.8) is 0 Å². The Balaban J connectivity index is 1.56. The zero-order valence-electron chi connectivity index (χ0n) is 16.9. The Morgan fingerprint density at radius 2 is 2.03 bits per heavy atom. The summed E-state index contributed by atoms with van der Waals surface area (Å²) >= 11 is 0. The molecule has 9 nitrogen and oxygen atoms in total. The fourth-order valence-corrected chi connectivity index (χ4v) is 2.74. The maximum Gasteiger partial charge on any atom is 0.216 e. The number of nitrogens with zero attached hydrogens (tertiary/aromatic N) is 3. The van der Waals surface area contributed by atoms with Gasteiger partial charge in [0, 0.05) is 13.1 Å². The number of furan rings is 1. The van der Waals surface area contributed by atoms with Crippen LogP contribution in [0.25, 0.3) is 11.6 Å². The van der Waals surface area contributed by atoms with Gasteiger partial charge >= 0.3 is 0 Å². The molecule has 0 aliphatic rings. The van der Waals surface area contributed by atoms with Crippen LogP contribution in [0.3, 0.4) is 0 Å². The minimum Gasteiger partial charge on any atom is -0.493 e. The van der Waals surface area contributed by atoms with Crippen LogP contribution in [-0.2, 0) is 13.0 Å². The second-order valence-electron chi connectivity index (χ2n) is 6.14. The summed E-state index contributed by atoms with van der Waals surface area (Å²) in [6.07, 6.45) is 2.41. The summed E-state index contributed by atoms with van der Waals surface area (Å²) in [4.78, 5) is 8.96. The van der Waals surface area contributed by atoms with Crippen molar-refractivity contribution in [3.8, 4) is 23.1 Å². The summed E-state index contributed by atoms with van der Waals surface area (Å²) in [5.41, 5.74) is 1.14. The Morgan fingerprint density at radius 1 is 1.17 bits per heavy atom. The molecule has 154 valence electrons. The van der Waals surface area contributed by atoms with Crippen molar-refractivity contribution in [1.82, 2.24) is 25.8 Å². The van der Waals surface area contributed by atoms with Gasteiger partial charge in [0.05, 0.1) is 20.5 Å². The normalized spacial score (nSPS) is 11.3. The minimum absolute atomic E-state index is 0.374. The van der Waals surface area contributed by atoms with E-state index in [-0.39, 0.29) is 0 Å². The van der Waals surface area contributed by atoms with E-state index in [0.29, 0.717) is 29.9 Å². The summed E-state index contributed by atoms with van der Waals surface area (Å²) in [5.74, 6) is 3.96. The van der Waals surface area contributed by atoms with E-state index in [4.69, 9.17) is 13.9 Å². The number of aromatic nitrogens is 3. The molecule has 2 aromatic heterocycles. The molecule has 3 aromatic rings. The van der Waals surface area contributed by atoms with Gasteiger partial charge in [-0.25, -0.2) is 9.98 Å². The van der Waals surface area contributed by atoms with Crippen LogP contribution in [0.2, 0.25) is 0 Å². The van der Waals surface area contributed by atoms with Gasteiger partial charge in [-0.15, -0.1) is 5.10 Å². The molecule has 3 N–H and O–H groups in total. The average Bonchev–Trinajstić information content (AvgIpc) is 3.43. The van der Waals surface area contributed by atoms with Gasteiger partial charge in [0.25, 0.3) is 0 Å². The number of methoxy groups -OCH3 is 2. The van der Waals surface area contributed by atoms with Gasteiger partial charge in [-0.1, -0.05) is 6.07 Å². The number of aromatic amines is 1. The van der Waals surface area contributed by atoms with Gasteiger partial charge in [0.1, 0.15) is 12.4 Å². The lowest BCUT2D eigenvalue weighted by Crippen LogP contribution is -2.38. The van der Waals surface area contributed by atoms with E-state index in [1.165, 1.54) is 0 Å². The van der Waals surface area contributed by atoms with Crippen LogP contribution in [0, 0.1) is 0 Å². The Labute approximate surface area is 169 Å². The number of hydrogen-bond donors (Lipinski definition) is 3. The van der Waals surface area contributed by atoms with Crippen LogP contribution in [0.4, 0.5) is 0 Å². The number of rotatable bonds is 9. The lowest BCUT2D eigenvalue weighted by Gasteiger charge is -2.12. The molecule has 0 aliphatic heterocycles. The number of benzene rings is 1. The first-order valence-corrected chi connectivity index (χ1v) is 9.41. The molecule has 29 heavy (non-hydrogen) atoms. The van der Waals surface area contributed by atoms with E-state index in [0.717, 1.165) is 36.6 Å². The molecule has 3 rings (SSSR count). The summed E-state index contributed by atoms with van der Waals surface area (Å²) in [5, 5.41) is 13.6. The van der Waals surface area contributed by atoms with Crippen molar-refractivity contribution in [2.24, 2.45) is 4.99 Å². The topological polar surface area (TPSA) is 110 Å². The third-order valence-corrected chi connectivity index (χ3v) is 4.16. The van der Waals surface area contributed by atoms with Crippen molar-refractivity contribution in [2.45, 2.75) is 19.9 Å². The van der Waals surface area contributed by atoms with E-state index in [2.05, 4.69) is 30.8 Å². The van der Waals surface area contributed by atoms with Crippen molar-refractivity contribution >= 4 is 5.96 Å². The molecule has 1 aromatic carbocycles. The van der Waals surface area contributed by atoms with Crippen LogP contribution in [0.5, 0.6) is 11.5 Å². The summed E-state index contributed by atoms with van der Waals surface area (Å²) in [6.45, 7) is 3.88. The largest absolute Gasteiger partial charge is 0.493 e. The maximum absolute atomic E-state index is 5.35. The first-order chi connectivity index (χ1) is 14.2. The van der Waals surface area contributed by atoms with Crippen molar-refractivity contribution < 1.29 is 13.9 Å². The number of aliphatic imine (C=N–C) groups is 1. The molecule has 0 aliphatic carbocycles. The van der Waals surface area contributed by atoms with Crippen LogP contribution in [-0.4, -0.2) is 48.5 Å². The zero-order chi connectivity index (χ0) is 20.5. The van der Waals surface area contributed by atoms with Gasteiger partial charge in [0.15, 0.2) is 23.2 Å². The lowest BCUT2D eigenvalue weighted by atomic mass is 10.1. The van der Waals surface area contributed by atoms with E-state index >= 15 is 0 Å². The highest BCUT2D eigenvalue weighted by Crippen LogP contribution is 2.27. The SMILES string of the molecule is CCNC(=NCc1nc(-c2ccco2)n[nH]1)NCCc1ccc(OC)c(OC)c1. The third-order valence-electron chi connectivity index (χ3n) is 4.16. The Morgan fingerprint density at radius 3 is 2.76 bits per heavy atom. The van der Waals surface area contributed by atoms with E-state index in [1.54, 1.807) is 26.5 Å². The molecule has 0 saturated heterocycles. The molecule has 0 bridgehead atoms. The van der Waals surface area contributed by atoms with Gasteiger partial charge < -0.3 is 24.5 Å². The molecule has 0 spiro atoms. The second kappa shape index (κ2) is 10.2. The fraction of sp³-hybridized carbons (Fsp3) is 0.350. The number of H-pyrrole nitrogens is 1. The number of nitrogens with one attached hydrogen (secondary N) is 3. The number of guanidine groups is 1. The molecule has 0 radical (unpaired) electrons. The number of ether oxygens (including phenoxy) is 2. The Bertz CT molecular complexity index is 920. The van der Waals surface area contributed by atoms with Gasteiger partial charge in [-0.2, -0.15) is 0 Å². The van der Waals surface area contributed by atoms with Gasteiger partial charge in [0.2, 0.25) is 5.82 Å². The Kier molecular flexibility index (Phi) is 7.10. The molecular formula is C20H26N6O3. The first kappa shape index (κ1) is 20.2. The molecule has 0 atom stereocenters. The highest BCUT2D eigenvalue weighted by atomic mass is 16.5. The van der Waals surface area contributed by atoms with Gasteiger partial charge in [-0.05, 0) is 43.2 Å². The highest BCUT2D eigenvalue weighted by molar-refractivity contribution is 5.79. The Hall–Kier alpha value is -3.49. The summed E-state index contributed by atoms with van der Waals surface area (Å²) in [6, 6.07) is 9.53. The van der Waals surface area contributed by atoms with Crippen molar-refractivity contribution in [3.05, 3.63) is 48.0 Å². The van der Waals surface area contributed by atoms with Crippen LogP contribution in [0.1, 0.15) is 18.3 Å². The average molecular weight is 398 g/mol. The molecule has 9 heteroatoms. The first-order valence-electron chi connectivity index (χ1n) is 9.41. The predicted molar refractivity (Wildman–Crippen MR) is 110 cm³/mol. The standard InChI is InChI=1S/C20H26N6O3/c1-4-21-20(22-10-9-14-7-8-15(27-2)17(12-14)28-3)23-13-18-24-19(26-25-18)16-6-5-11-29-16/h5-8,11-12H,4,9-10,13H2,1-3H3,(H2,21,22,23)(H,24,25,26). The maximum atomic E-state index is 5.35. The minimum atomic E-state index is 0.374. The monoisotopic (exact) mass is 398 g/mol. The van der Waals surface area contributed by atoms with Crippen molar-refractivity contribution in [1.29, 1.82) is 0 Å². The molecule has 2 heterocycles. The van der Waals surface area contributed by atoms with E-state index in [9.17, 15) is 0 Å². The predicted octanol–water partition coefficient (Wildman–Crippen LogP) is 2.38. The van der Waals surface area contributed by atoms with Crippen LogP contribution < -0.4 is 20.1 Å². The van der Waals surface area contributed by atoms with Gasteiger partial charge in [-0.3, -0.25) is 5.10 Å². The summed E-state index contributed by atoms with van der Waals surface area (Å²) in [7, 11) is 3.26. The zero-order valence-corrected chi connectivity index (χ0v) is 16.9. The third kappa shape index (κ3) is 5.50. The molecule has 0 saturated carbocycles. The highest BCUT2D eigenvalue weighted by Gasteiger charge is 2.08. The molecular weight excluding hydrogens is 372 g/mol. The smallest absolute Gasteiger partial charge is 0.216 e. The van der Waals surface area contributed by atoms with E-state index < -0.39 is 0 Å². The molecule has 0 fully saturated rings.